The van der Waals surface area contributed by atoms with Gasteiger partial charge in [0, 0.05) is 11.8 Å². The second kappa shape index (κ2) is 7.16. The molecule has 1 aromatic rings. The minimum atomic E-state index is -0.398. The molecule has 0 spiro atoms. The topological polar surface area (TPSA) is 126 Å². The molecule has 3 N–H and O–H groups in total. The van der Waals surface area contributed by atoms with Crippen LogP contribution in [0.15, 0.2) is 34.8 Å². The first kappa shape index (κ1) is 16.8. The predicted octanol–water partition coefficient (Wildman–Crippen LogP) is 0.171. The Bertz CT molecular complexity index is 586. The Kier molecular flexibility index (Phi) is 5.24. The lowest BCUT2D eigenvalue weighted by atomic mass is 10.1. The highest BCUT2D eigenvalue weighted by Gasteiger charge is 2.35. The summed E-state index contributed by atoms with van der Waals surface area (Å²) in [5.41, 5.74) is 0.737. The third kappa shape index (κ3) is 3.15. The van der Waals surface area contributed by atoms with Crippen LogP contribution in [0.3, 0.4) is 0 Å². The monoisotopic (exact) mass is 322 g/mol. The normalized spacial score (nSPS) is 20.1. The van der Waals surface area contributed by atoms with Crippen molar-refractivity contribution in [1.82, 2.24) is 9.91 Å². The highest BCUT2D eigenvalue weighted by molar-refractivity contribution is 6.21. The number of carbonyl (C=O) groups is 2. The molecule has 2 heterocycles. The maximum atomic E-state index is 12.1. The zero-order chi connectivity index (χ0) is 15.5. The first-order chi connectivity index (χ1) is 10.7. The summed E-state index contributed by atoms with van der Waals surface area (Å²) in [6.45, 7) is 0.427. The van der Waals surface area contributed by atoms with Gasteiger partial charge in [0.25, 0.3) is 11.8 Å². The number of imide groups is 1. The fourth-order valence-corrected chi connectivity index (χ4v) is 2.64. The van der Waals surface area contributed by atoms with Crippen LogP contribution in [-0.2, 0) is 4.84 Å². The summed E-state index contributed by atoms with van der Waals surface area (Å²) in [6.07, 6.45) is 1.79. The number of amides is 2. The van der Waals surface area contributed by atoms with Gasteiger partial charge in [-0.25, -0.2) is 4.90 Å². The van der Waals surface area contributed by atoms with Gasteiger partial charge >= 0.3 is 0 Å². The van der Waals surface area contributed by atoms with Gasteiger partial charge in [-0.1, -0.05) is 12.1 Å². The van der Waals surface area contributed by atoms with Gasteiger partial charge in [-0.15, -0.1) is 0 Å². The maximum Gasteiger partial charge on any atom is 0.264 e. The molecule has 1 atom stereocenters. The summed E-state index contributed by atoms with van der Waals surface area (Å²) in [5, 5.41) is 18.2. The molecule has 0 radical (unpaired) electrons. The number of aliphatic hydroxyl groups is 1. The zero-order valence-corrected chi connectivity index (χ0v) is 12.4. The van der Waals surface area contributed by atoms with Gasteiger partial charge in [0.1, 0.15) is 0 Å². The first-order valence-corrected chi connectivity index (χ1v) is 7.08. The van der Waals surface area contributed by atoms with Crippen molar-refractivity contribution in [1.29, 1.82) is 0 Å². The van der Waals surface area contributed by atoms with Gasteiger partial charge in [0.2, 0.25) is 6.73 Å². The lowest BCUT2D eigenvalue weighted by Crippen LogP contribution is -2.31. The molecule has 9 heteroatoms. The number of aliphatic hydroxyl groups excluding tert-OH is 1. The van der Waals surface area contributed by atoms with E-state index in [1.54, 1.807) is 29.3 Å². The molecule has 23 heavy (non-hydrogen) atoms. The number of hydrogen-bond donors (Lipinski definition) is 1. The molecule has 0 saturated carbocycles. The summed E-state index contributed by atoms with van der Waals surface area (Å²) in [5.74, 6) is -0.796. The molecule has 1 unspecified atom stereocenters. The van der Waals surface area contributed by atoms with Crippen LogP contribution in [0, 0.1) is 0 Å². The van der Waals surface area contributed by atoms with E-state index in [0.717, 1.165) is 17.7 Å². The maximum absolute atomic E-state index is 12.1. The average molecular weight is 322 g/mol. The number of fused-ring (bicyclic) bond motifs is 1. The van der Waals surface area contributed by atoms with Gasteiger partial charge < -0.3 is 15.4 Å². The van der Waals surface area contributed by atoms with Crippen LogP contribution in [-0.4, -0.2) is 58.2 Å². The van der Waals surface area contributed by atoms with Crippen molar-refractivity contribution in [3.63, 3.8) is 0 Å². The Labute approximate surface area is 132 Å². The number of rotatable bonds is 5. The molecular formula is C14H18N4O5. The van der Waals surface area contributed by atoms with E-state index in [1.807, 2.05) is 0 Å². The fraction of sp³-hybridized carbons (Fsp3) is 0.429. The van der Waals surface area contributed by atoms with Crippen LogP contribution in [0.4, 0.5) is 0 Å². The zero-order valence-electron chi connectivity index (χ0n) is 12.4. The fourth-order valence-electron chi connectivity index (χ4n) is 2.64. The quantitative estimate of drug-likeness (QED) is 0.470. The summed E-state index contributed by atoms with van der Waals surface area (Å²) in [4.78, 5) is 30.1. The highest BCUT2D eigenvalue weighted by atomic mass is 16.7. The molecule has 1 saturated heterocycles. The van der Waals surface area contributed by atoms with Crippen LogP contribution >= 0.6 is 0 Å². The van der Waals surface area contributed by atoms with Crippen molar-refractivity contribution in [3.8, 4) is 0 Å². The van der Waals surface area contributed by atoms with E-state index in [9.17, 15) is 9.59 Å². The van der Waals surface area contributed by atoms with Crippen molar-refractivity contribution in [2.75, 3.05) is 19.9 Å². The van der Waals surface area contributed by atoms with Crippen molar-refractivity contribution in [3.05, 3.63) is 35.4 Å². The number of hydrogen-bond acceptors (Lipinski definition) is 6. The van der Waals surface area contributed by atoms with E-state index < -0.39 is 11.8 Å². The molecule has 0 aromatic heterocycles. The third-order valence-electron chi connectivity index (χ3n) is 3.83. The average Bonchev–Trinajstić information content (AvgIpc) is 3.09. The minimum absolute atomic E-state index is 0. The van der Waals surface area contributed by atoms with E-state index in [-0.39, 0.29) is 24.9 Å². The SMILES string of the molecule is O.O=C1c2ccccc2C(=O)N1CO/N=N\N1CCCC1CO. The van der Waals surface area contributed by atoms with E-state index in [4.69, 9.17) is 9.94 Å². The summed E-state index contributed by atoms with van der Waals surface area (Å²) < 4.78 is 0. The molecule has 2 amide bonds. The second-order valence-electron chi connectivity index (χ2n) is 5.15. The van der Waals surface area contributed by atoms with E-state index in [0.29, 0.717) is 17.7 Å². The Hall–Kier alpha value is -2.52. The first-order valence-electron chi connectivity index (χ1n) is 7.08. The molecular weight excluding hydrogens is 304 g/mol. The van der Waals surface area contributed by atoms with Crippen molar-refractivity contribution in [2.45, 2.75) is 18.9 Å². The van der Waals surface area contributed by atoms with Gasteiger partial charge in [0.15, 0.2) is 0 Å². The van der Waals surface area contributed by atoms with Crippen molar-refractivity contribution >= 4 is 11.8 Å². The number of carbonyl (C=O) groups excluding carboxylic acids is 2. The molecule has 3 rings (SSSR count). The largest absolute Gasteiger partial charge is 0.412 e. The Morgan fingerprint density at radius 2 is 1.87 bits per heavy atom. The van der Waals surface area contributed by atoms with Crippen LogP contribution in [0.25, 0.3) is 0 Å². The van der Waals surface area contributed by atoms with Crippen LogP contribution < -0.4 is 0 Å². The van der Waals surface area contributed by atoms with E-state index in [2.05, 4.69) is 10.5 Å². The summed E-state index contributed by atoms with van der Waals surface area (Å²) in [7, 11) is 0. The smallest absolute Gasteiger partial charge is 0.264 e. The van der Waals surface area contributed by atoms with E-state index >= 15 is 0 Å². The Morgan fingerprint density at radius 3 is 2.48 bits per heavy atom. The second-order valence-corrected chi connectivity index (χ2v) is 5.15. The summed E-state index contributed by atoms with van der Waals surface area (Å²) >= 11 is 0. The predicted molar refractivity (Wildman–Crippen MR) is 78.2 cm³/mol. The molecule has 9 nitrogen and oxygen atoms in total. The molecule has 0 aliphatic carbocycles. The van der Waals surface area contributed by atoms with Crippen molar-refractivity contribution < 1.29 is 25.0 Å². The van der Waals surface area contributed by atoms with Crippen LogP contribution in [0.2, 0.25) is 0 Å². The van der Waals surface area contributed by atoms with E-state index in [1.165, 1.54) is 0 Å². The standard InChI is InChI=1S/C14H16N4O4.H2O/c19-8-10-4-3-7-18(10)15-16-22-9-17-13(20)11-5-1-2-6-12(11)14(17)21;/h1-2,5-6,10,19H,3-4,7-9H2;1H2/b16-15-;. The third-order valence-corrected chi connectivity index (χ3v) is 3.83. The van der Waals surface area contributed by atoms with Gasteiger partial charge in [0.05, 0.1) is 23.8 Å². The lowest BCUT2D eigenvalue weighted by molar-refractivity contribution is 0.0121. The van der Waals surface area contributed by atoms with Crippen LogP contribution in [0.1, 0.15) is 33.6 Å². The molecule has 2 aliphatic rings. The van der Waals surface area contributed by atoms with Crippen molar-refractivity contribution in [2.24, 2.45) is 10.5 Å². The van der Waals surface area contributed by atoms with Gasteiger partial charge in [-0.05, 0) is 30.2 Å². The van der Waals surface area contributed by atoms with Gasteiger partial charge in [-0.2, -0.15) is 0 Å². The Balaban J connectivity index is 0.00000192. The van der Waals surface area contributed by atoms with Gasteiger partial charge in [-0.3, -0.25) is 14.6 Å². The number of benzene rings is 1. The molecule has 1 aromatic carbocycles. The highest BCUT2D eigenvalue weighted by Crippen LogP contribution is 2.22. The molecule has 2 aliphatic heterocycles. The minimum Gasteiger partial charge on any atom is -0.412 e. The molecule has 1 fully saturated rings. The Morgan fingerprint density at radius 1 is 1.22 bits per heavy atom. The number of nitrogens with zero attached hydrogens (tertiary/aromatic N) is 4. The molecule has 0 bridgehead atoms. The summed E-state index contributed by atoms with van der Waals surface area (Å²) in [6, 6.07) is 6.57. The van der Waals surface area contributed by atoms with Crippen LogP contribution in [0.5, 0.6) is 0 Å². The molecule has 124 valence electrons. The lowest BCUT2D eigenvalue weighted by Gasteiger charge is -2.17.